The molecule has 30 heavy (non-hydrogen) atoms. The number of phenols is 1. The van der Waals surface area contributed by atoms with Crippen molar-refractivity contribution in [1.82, 2.24) is 20.2 Å². The van der Waals surface area contributed by atoms with E-state index in [1.165, 1.54) is 12.1 Å². The molecule has 0 aliphatic carbocycles. The molecule has 148 valence electrons. The summed E-state index contributed by atoms with van der Waals surface area (Å²) in [6, 6.07) is 7.32. The quantitative estimate of drug-likeness (QED) is 0.347. The standard InChI is InChI=1S/C20H14N6O4/c21-17(28)16-13-9-2-1-5-22-18(9)24-15(11-7-23-19(14(11)13)26-25-16)8-3-4-12(27)10(6-8)20(29)30/h1-7,15,27H,(H2,21,28)(H,22,24)(H,23,26)(H,29,30). The number of benzene rings is 1. The highest BCUT2D eigenvalue weighted by atomic mass is 16.4. The molecule has 1 aromatic carbocycles. The van der Waals surface area contributed by atoms with Gasteiger partial charge >= 0.3 is 5.97 Å². The summed E-state index contributed by atoms with van der Waals surface area (Å²) in [5.74, 6) is -1.83. The monoisotopic (exact) mass is 402 g/mol. The Hall–Kier alpha value is -4.47. The first kappa shape index (κ1) is 17.6. The van der Waals surface area contributed by atoms with Gasteiger partial charge in [-0.05, 0) is 29.8 Å². The smallest absolute Gasteiger partial charge is 0.339 e. The Kier molecular flexibility index (Phi) is 3.68. The minimum atomic E-state index is -1.25. The van der Waals surface area contributed by atoms with Crippen LogP contribution in [0.5, 0.6) is 5.75 Å². The van der Waals surface area contributed by atoms with E-state index in [0.717, 1.165) is 0 Å². The zero-order valence-corrected chi connectivity index (χ0v) is 15.2. The van der Waals surface area contributed by atoms with Gasteiger partial charge in [0.05, 0.1) is 6.04 Å². The lowest BCUT2D eigenvalue weighted by Crippen LogP contribution is -2.15. The van der Waals surface area contributed by atoms with Gasteiger partial charge in [-0.25, -0.2) is 9.78 Å². The molecule has 1 atom stereocenters. The Bertz CT molecular complexity index is 1360. The first-order valence-corrected chi connectivity index (χ1v) is 8.91. The van der Waals surface area contributed by atoms with Crippen LogP contribution in [0.4, 0.5) is 5.82 Å². The first-order chi connectivity index (χ1) is 14.5. The molecule has 10 nitrogen and oxygen atoms in total. The normalized spacial score (nSPS) is 14.6. The number of amides is 1. The maximum absolute atomic E-state index is 12.1. The van der Waals surface area contributed by atoms with Crippen molar-refractivity contribution in [3.8, 4) is 16.9 Å². The van der Waals surface area contributed by atoms with Crippen LogP contribution in [0.25, 0.3) is 22.2 Å². The number of aromatic hydroxyl groups is 1. The third-order valence-electron chi connectivity index (χ3n) is 5.11. The Labute approximate surface area is 168 Å². The molecule has 3 aromatic heterocycles. The van der Waals surface area contributed by atoms with Crippen LogP contribution < -0.4 is 11.1 Å². The number of H-pyrrole nitrogens is 1. The summed E-state index contributed by atoms with van der Waals surface area (Å²) in [6.07, 6.45) is 3.31. The highest BCUT2D eigenvalue weighted by Crippen LogP contribution is 2.44. The molecule has 0 spiro atoms. The predicted octanol–water partition coefficient (Wildman–Crippen LogP) is 2.04. The molecule has 1 amide bonds. The number of carbonyl (C=O) groups excluding carboxylic acids is 1. The largest absolute Gasteiger partial charge is 0.507 e. The van der Waals surface area contributed by atoms with Crippen molar-refractivity contribution in [2.45, 2.75) is 6.04 Å². The van der Waals surface area contributed by atoms with E-state index in [2.05, 4.69) is 25.5 Å². The number of rotatable bonds is 3. The second-order valence-corrected chi connectivity index (χ2v) is 6.81. The van der Waals surface area contributed by atoms with Gasteiger partial charge in [0.1, 0.15) is 17.1 Å². The molecule has 0 bridgehead atoms. The van der Waals surface area contributed by atoms with E-state index < -0.39 is 17.9 Å². The maximum atomic E-state index is 12.1. The number of carboxylic acids is 1. The van der Waals surface area contributed by atoms with Crippen molar-refractivity contribution in [2.24, 2.45) is 5.73 Å². The van der Waals surface area contributed by atoms with Crippen molar-refractivity contribution < 1.29 is 19.8 Å². The first-order valence-electron chi connectivity index (χ1n) is 8.91. The number of fused-ring (bicyclic) bond motifs is 2. The molecular weight excluding hydrogens is 388 g/mol. The number of nitrogens with zero attached hydrogens (tertiary/aromatic N) is 3. The van der Waals surface area contributed by atoms with Crippen LogP contribution >= 0.6 is 0 Å². The number of primary amides is 1. The van der Waals surface area contributed by atoms with Gasteiger partial charge in [-0.15, -0.1) is 10.2 Å². The van der Waals surface area contributed by atoms with E-state index in [1.807, 2.05) is 0 Å². The van der Waals surface area contributed by atoms with Gasteiger partial charge in [0.25, 0.3) is 5.91 Å². The summed E-state index contributed by atoms with van der Waals surface area (Å²) >= 11 is 0. The van der Waals surface area contributed by atoms with E-state index in [-0.39, 0.29) is 17.0 Å². The molecule has 0 saturated heterocycles. The maximum Gasteiger partial charge on any atom is 0.339 e. The summed E-state index contributed by atoms with van der Waals surface area (Å²) in [5.41, 5.74) is 8.20. The van der Waals surface area contributed by atoms with Gasteiger partial charge in [-0.1, -0.05) is 6.07 Å². The highest BCUT2D eigenvalue weighted by Gasteiger charge is 2.31. The van der Waals surface area contributed by atoms with Crippen molar-refractivity contribution in [1.29, 1.82) is 0 Å². The molecule has 5 rings (SSSR count). The van der Waals surface area contributed by atoms with Gasteiger partial charge in [0, 0.05) is 34.5 Å². The molecular formula is C20H14N6O4. The molecule has 0 radical (unpaired) electrons. The van der Waals surface area contributed by atoms with E-state index in [0.29, 0.717) is 39.1 Å². The van der Waals surface area contributed by atoms with E-state index in [9.17, 15) is 19.8 Å². The summed E-state index contributed by atoms with van der Waals surface area (Å²) in [4.78, 5) is 31.0. The van der Waals surface area contributed by atoms with Crippen LogP contribution in [-0.4, -0.2) is 42.3 Å². The molecule has 6 N–H and O–H groups in total. The van der Waals surface area contributed by atoms with Crippen LogP contribution in [0.3, 0.4) is 0 Å². The topological polar surface area (TPSA) is 167 Å². The SMILES string of the molecule is NC(=O)c1nnc2[nH]cc3c2c1-c1cccnc1NC3c1ccc(O)c(C(=O)O)c1. The lowest BCUT2D eigenvalue weighted by atomic mass is 9.95. The van der Waals surface area contributed by atoms with E-state index in [4.69, 9.17) is 5.73 Å². The molecule has 0 saturated carbocycles. The Morgan fingerprint density at radius 1 is 1.17 bits per heavy atom. The van der Waals surface area contributed by atoms with Crippen molar-refractivity contribution in [3.63, 3.8) is 0 Å². The van der Waals surface area contributed by atoms with Crippen LogP contribution in [0.1, 0.15) is 38.0 Å². The average Bonchev–Trinajstić information content (AvgIpc) is 3.09. The van der Waals surface area contributed by atoms with Crippen LogP contribution in [0.15, 0.2) is 42.7 Å². The van der Waals surface area contributed by atoms with Gasteiger partial charge in [-0.2, -0.15) is 0 Å². The third-order valence-corrected chi connectivity index (χ3v) is 5.11. The lowest BCUT2D eigenvalue weighted by Gasteiger charge is -2.19. The summed E-state index contributed by atoms with van der Waals surface area (Å²) in [7, 11) is 0. The second-order valence-electron chi connectivity index (χ2n) is 6.81. The van der Waals surface area contributed by atoms with Crippen molar-refractivity contribution in [3.05, 3.63) is 65.1 Å². The number of pyridine rings is 1. The molecule has 1 aliphatic heterocycles. The number of anilines is 1. The Morgan fingerprint density at radius 3 is 2.77 bits per heavy atom. The average molecular weight is 402 g/mol. The van der Waals surface area contributed by atoms with Crippen LogP contribution in [0.2, 0.25) is 0 Å². The number of aromatic nitrogens is 4. The summed E-state index contributed by atoms with van der Waals surface area (Å²) < 4.78 is 0. The molecule has 1 unspecified atom stereocenters. The number of hydrogen-bond acceptors (Lipinski definition) is 7. The van der Waals surface area contributed by atoms with Gasteiger partial charge in [0.2, 0.25) is 0 Å². The van der Waals surface area contributed by atoms with Crippen LogP contribution in [0, 0.1) is 0 Å². The number of carboxylic acid groups (broad SMARTS) is 1. The fourth-order valence-corrected chi connectivity index (χ4v) is 3.80. The zero-order chi connectivity index (χ0) is 21.0. The molecule has 4 aromatic rings. The third kappa shape index (κ3) is 2.47. The summed E-state index contributed by atoms with van der Waals surface area (Å²) in [5, 5.41) is 31.3. The Morgan fingerprint density at radius 2 is 2.00 bits per heavy atom. The molecule has 1 aliphatic rings. The number of hydrogen-bond donors (Lipinski definition) is 5. The fourth-order valence-electron chi connectivity index (χ4n) is 3.80. The van der Waals surface area contributed by atoms with Crippen molar-refractivity contribution in [2.75, 3.05) is 5.32 Å². The lowest BCUT2D eigenvalue weighted by molar-refractivity contribution is 0.0693. The molecule has 0 fully saturated rings. The number of nitrogens with one attached hydrogen (secondary N) is 2. The number of aromatic carboxylic acids is 1. The fraction of sp³-hybridized carbons (Fsp3) is 0.0500. The number of nitrogens with two attached hydrogens (primary N) is 1. The predicted molar refractivity (Wildman–Crippen MR) is 106 cm³/mol. The van der Waals surface area contributed by atoms with Gasteiger partial charge in [-0.3, -0.25) is 4.79 Å². The van der Waals surface area contributed by atoms with Crippen LogP contribution in [-0.2, 0) is 0 Å². The highest BCUT2D eigenvalue weighted by molar-refractivity contribution is 6.09. The van der Waals surface area contributed by atoms with E-state index >= 15 is 0 Å². The second kappa shape index (κ2) is 6.27. The summed E-state index contributed by atoms with van der Waals surface area (Å²) in [6.45, 7) is 0. The molecule has 10 heteroatoms. The van der Waals surface area contributed by atoms with E-state index in [1.54, 1.807) is 30.6 Å². The van der Waals surface area contributed by atoms with Gasteiger partial charge < -0.3 is 26.2 Å². The Balaban J connectivity index is 1.85. The number of carbonyl (C=O) groups is 2. The minimum absolute atomic E-state index is 0.0111. The van der Waals surface area contributed by atoms with Crippen molar-refractivity contribution >= 4 is 28.7 Å². The zero-order valence-electron chi connectivity index (χ0n) is 15.2. The minimum Gasteiger partial charge on any atom is -0.507 e. The number of aromatic amines is 1. The molecule has 4 heterocycles. The van der Waals surface area contributed by atoms with Gasteiger partial charge in [0.15, 0.2) is 11.3 Å².